The van der Waals surface area contributed by atoms with Gasteiger partial charge in [0.1, 0.15) is 24.2 Å². The number of carbonyl (C=O) groups excluding carboxylic acids is 2. The Balaban J connectivity index is 1.81. The molecule has 0 spiro atoms. The second-order valence-corrected chi connectivity index (χ2v) is 8.12. The SMILES string of the molecule is C=C(C)COc1ccccc1-n1c(C)c[n+]2c1N=C1C2C(=O)N(CC(=C)C)C(=O)N1C. The highest BCUT2D eigenvalue weighted by Crippen LogP contribution is 2.34. The highest BCUT2D eigenvalue weighted by atomic mass is 16.5. The van der Waals surface area contributed by atoms with Gasteiger partial charge in [0.15, 0.2) is 5.75 Å². The van der Waals surface area contributed by atoms with Crippen LogP contribution in [0, 0.1) is 6.92 Å². The van der Waals surface area contributed by atoms with Crippen LogP contribution in [0.15, 0.2) is 59.8 Å². The van der Waals surface area contributed by atoms with Gasteiger partial charge in [-0.1, -0.05) is 35.9 Å². The largest absolute Gasteiger partial charge is 0.486 e. The van der Waals surface area contributed by atoms with Crippen molar-refractivity contribution in [2.45, 2.75) is 26.8 Å². The fourth-order valence-electron chi connectivity index (χ4n) is 3.86. The molecule has 8 heteroatoms. The molecule has 1 fully saturated rings. The van der Waals surface area contributed by atoms with E-state index in [1.807, 2.05) is 53.4 Å². The molecule has 1 aromatic heterocycles. The number of rotatable bonds is 6. The maximum Gasteiger partial charge on any atom is 0.407 e. The third-order valence-corrected chi connectivity index (χ3v) is 5.22. The summed E-state index contributed by atoms with van der Waals surface area (Å²) in [5, 5.41) is 0. The summed E-state index contributed by atoms with van der Waals surface area (Å²) in [5.41, 5.74) is 3.34. The number of fused-ring (bicyclic) bond motifs is 3. The zero-order chi connectivity index (χ0) is 22.4. The number of hydrogen-bond donors (Lipinski definition) is 0. The summed E-state index contributed by atoms with van der Waals surface area (Å²) in [6.07, 6.45) is 1.88. The van der Waals surface area contributed by atoms with Gasteiger partial charge in [-0.25, -0.2) is 9.36 Å². The van der Waals surface area contributed by atoms with E-state index in [2.05, 4.69) is 13.2 Å². The van der Waals surface area contributed by atoms with Crippen LogP contribution in [-0.2, 0) is 4.79 Å². The van der Waals surface area contributed by atoms with E-state index in [0.29, 0.717) is 24.1 Å². The monoisotopic (exact) mass is 420 g/mol. The summed E-state index contributed by atoms with van der Waals surface area (Å²) in [6, 6.07) is 6.56. The number of imide groups is 1. The normalized spacial score (nSPS) is 17.4. The average Bonchev–Trinajstić information content (AvgIpc) is 3.22. The molecule has 160 valence electrons. The molecule has 31 heavy (non-hydrogen) atoms. The fraction of sp³-hybridized carbons (Fsp3) is 0.304. The van der Waals surface area contributed by atoms with Crippen molar-refractivity contribution in [3.05, 3.63) is 60.5 Å². The molecule has 2 aliphatic rings. The highest BCUT2D eigenvalue weighted by molar-refractivity contribution is 6.19. The maximum atomic E-state index is 13.3. The summed E-state index contributed by atoms with van der Waals surface area (Å²) in [5.74, 6) is 1.35. The van der Waals surface area contributed by atoms with E-state index in [4.69, 9.17) is 9.73 Å². The third kappa shape index (κ3) is 3.34. The summed E-state index contributed by atoms with van der Waals surface area (Å²) < 4.78 is 9.70. The number of imidazole rings is 1. The van der Waals surface area contributed by atoms with Crippen LogP contribution in [0.25, 0.3) is 5.69 Å². The molecule has 1 atom stereocenters. The molecule has 0 bridgehead atoms. The summed E-state index contributed by atoms with van der Waals surface area (Å²) in [6.45, 7) is 14.0. The molecule has 1 saturated heterocycles. The number of benzene rings is 1. The number of urea groups is 1. The number of aliphatic imine (C=N–C) groups is 1. The molecule has 2 aromatic rings. The lowest BCUT2D eigenvalue weighted by atomic mass is 10.1. The first-order valence-electron chi connectivity index (χ1n) is 10.0. The van der Waals surface area contributed by atoms with Crippen molar-refractivity contribution in [3.8, 4) is 11.4 Å². The van der Waals surface area contributed by atoms with E-state index in [-0.39, 0.29) is 12.5 Å². The molecule has 1 unspecified atom stereocenters. The number of amides is 3. The molecule has 8 nitrogen and oxygen atoms in total. The predicted octanol–water partition coefficient (Wildman–Crippen LogP) is 3.08. The van der Waals surface area contributed by atoms with E-state index < -0.39 is 12.1 Å². The van der Waals surface area contributed by atoms with Crippen LogP contribution < -0.4 is 9.30 Å². The molecule has 0 radical (unpaired) electrons. The summed E-state index contributed by atoms with van der Waals surface area (Å²) in [7, 11) is 1.64. The molecule has 0 aliphatic carbocycles. The van der Waals surface area contributed by atoms with Crippen LogP contribution in [0.4, 0.5) is 10.7 Å². The van der Waals surface area contributed by atoms with Crippen LogP contribution in [0.1, 0.15) is 25.6 Å². The molecule has 1 aromatic carbocycles. The molecule has 0 saturated carbocycles. The van der Waals surface area contributed by atoms with Crippen LogP contribution in [0.2, 0.25) is 0 Å². The van der Waals surface area contributed by atoms with Gasteiger partial charge in [-0.3, -0.25) is 14.6 Å². The molecular formula is C23H26N5O3+. The van der Waals surface area contributed by atoms with Gasteiger partial charge in [-0.2, -0.15) is 4.57 Å². The van der Waals surface area contributed by atoms with Crippen LogP contribution in [0.3, 0.4) is 0 Å². The summed E-state index contributed by atoms with van der Waals surface area (Å²) in [4.78, 5) is 33.4. The number of hydrogen-bond acceptors (Lipinski definition) is 4. The number of likely N-dealkylation sites (N-methyl/N-ethyl adjacent to an activating group) is 1. The van der Waals surface area contributed by atoms with Crippen LogP contribution in [-0.4, -0.2) is 52.3 Å². The average molecular weight is 420 g/mol. The van der Waals surface area contributed by atoms with Crippen LogP contribution in [0.5, 0.6) is 5.75 Å². The standard InChI is InChI=1S/C23H26N5O3/c1-14(2)11-27-21(29)19-20(25(6)23(27)30)24-22-26(19)12-16(5)28(22)17-9-7-8-10-18(17)31-13-15(3)4/h7-10,12,19H,1,3,11,13H2,2,4-6H3/q+1. The Labute approximate surface area is 181 Å². The Morgan fingerprint density at radius 3 is 2.58 bits per heavy atom. The van der Waals surface area contributed by atoms with E-state index in [9.17, 15) is 9.59 Å². The quantitative estimate of drug-likeness (QED) is 0.533. The minimum absolute atomic E-state index is 0.180. The Kier molecular flexibility index (Phi) is 5.00. The number of para-hydroxylation sites is 2. The summed E-state index contributed by atoms with van der Waals surface area (Å²) >= 11 is 0. The van der Waals surface area contributed by atoms with Gasteiger partial charge < -0.3 is 4.74 Å². The van der Waals surface area contributed by atoms with Crippen molar-refractivity contribution in [2.75, 3.05) is 20.2 Å². The zero-order valence-corrected chi connectivity index (χ0v) is 18.3. The molecule has 2 aliphatic heterocycles. The lowest BCUT2D eigenvalue weighted by Gasteiger charge is -2.33. The zero-order valence-electron chi connectivity index (χ0n) is 18.3. The molecule has 0 N–H and O–H groups in total. The van der Waals surface area contributed by atoms with Gasteiger partial charge >= 0.3 is 12.0 Å². The fourth-order valence-corrected chi connectivity index (χ4v) is 3.86. The first kappa shape index (κ1) is 20.6. The Morgan fingerprint density at radius 1 is 1.19 bits per heavy atom. The van der Waals surface area contributed by atoms with E-state index in [1.54, 1.807) is 14.0 Å². The molecular weight excluding hydrogens is 394 g/mol. The van der Waals surface area contributed by atoms with E-state index in [1.165, 1.54) is 9.80 Å². The minimum atomic E-state index is -0.694. The second-order valence-electron chi connectivity index (χ2n) is 8.12. The van der Waals surface area contributed by atoms with Crippen LogP contribution >= 0.6 is 0 Å². The van der Waals surface area contributed by atoms with Gasteiger partial charge in [0.25, 0.3) is 5.91 Å². The van der Waals surface area contributed by atoms with Gasteiger partial charge in [0.05, 0.1) is 6.54 Å². The molecule has 3 amide bonds. The molecule has 3 heterocycles. The van der Waals surface area contributed by atoms with E-state index in [0.717, 1.165) is 22.5 Å². The number of amidine groups is 1. The van der Waals surface area contributed by atoms with Crippen molar-refractivity contribution in [3.63, 3.8) is 0 Å². The lowest BCUT2D eigenvalue weighted by Crippen LogP contribution is -2.62. The molecule has 4 rings (SSSR count). The number of aryl methyl sites for hydroxylation is 1. The number of aromatic nitrogens is 2. The number of ether oxygens (including phenoxy) is 1. The van der Waals surface area contributed by atoms with Crippen molar-refractivity contribution in [1.29, 1.82) is 0 Å². The van der Waals surface area contributed by atoms with Gasteiger partial charge in [0, 0.05) is 7.05 Å². The second kappa shape index (κ2) is 7.54. The Hall–Kier alpha value is -3.68. The number of carbonyl (C=O) groups is 2. The maximum absolute atomic E-state index is 13.3. The van der Waals surface area contributed by atoms with Crippen molar-refractivity contribution in [1.82, 2.24) is 14.4 Å². The topological polar surface area (TPSA) is 71.0 Å². The lowest BCUT2D eigenvalue weighted by molar-refractivity contribution is -0.676. The van der Waals surface area contributed by atoms with Crippen molar-refractivity contribution in [2.24, 2.45) is 4.99 Å². The van der Waals surface area contributed by atoms with Gasteiger partial charge in [0.2, 0.25) is 11.9 Å². The van der Waals surface area contributed by atoms with Gasteiger partial charge in [-0.15, -0.1) is 0 Å². The number of nitrogens with zero attached hydrogens (tertiary/aromatic N) is 5. The Bertz CT molecular complexity index is 1160. The van der Waals surface area contributed by atoms with E-state index >= 15 is 0 Å². The Morgan fingerprint density at radius 2 is 1.90 bits per heavy atom. The first-order chi connectivity index (χ1) is 14.7. The smallest absolute Gasteiger partial charge is 0.407 e. The third-order valence-electron chi connectivity index (χ3n) is 5.22. The minimum Gasteiger partial charge on any atom is -0.486 e. The predicted molar refractivity (Wildman–Crippen MR) is 117 cm³/mol. The van der Waals surface area contributed by atoms with Gasteiger partial charge in [-0.05, 0) is 38.5 Å². The first-order valence-corrected chi connectivity index (χ1v) is 10.0. The van der Waals surface area contributed by atoms with Crippen molar-refractivity contribution < 1.29 is 18.9 Å². The highest BCUT2D eigenvalue weighted by Gasteiger charge is 2.53. The van der Waals surface area contributed by atoms with Crippen molar-refractivity contribution >= 4 is 23.7 Å².